The van der Waals surface area contributed by atoms with Crippen LogP contribution in [0.25, 0.3) is 0 Å². The highest BCUT2D eigenvalue weighted by Gasteiger charge is 2.43. The maximum atomic E-state index is 12.6. The summed E-state index contributed by atoms with van der Waals surface area (Å²) >= 11 is 0. The Labute approximate surface area is 152 Å². The topological polar surface area (TPSA) is 77.7 Å². The number of ether oxygens (including phenoxy) is 2. The molecule has 3 atom stereocenters. The number of hydrogen-bond acceptors (Lipinski definition) is 6. The Bertz CT molecular complexity index is 777. The molecule has 2 aliphatic heterocycles. The number of fused-ring (bicyclic) bond motifs is 1. The molecule has 2 fully saturated rings. The van der Waals surface area contributed by atoms with Crippen molar-refractivity contribution in [2.75, 3.05) is 20.2 Å². The van der Waals surface area contributed by atoms with Crippen LogP contribution < -0.4 is 4.74 Å². The molecule has 26 heavy (non-hydrogen) atoms. The number of likely N-dealkylation sites (tertiary alicyclic amines) is 1. The van der Waals surface area contributed by atoms with Gasteiger partial charge in [0.05, 0.1) is 32.2 Å². The lowest BCUT2D eigenvalue weighted by Crippen LogP contribution is -2.32. The van der Waals surface area contributed by atoms with Gasteiger partial charge in [-0.25, -0.2) is 0 Å². The molecule has 0 spiro atoms. The molecular formula is C19H23N3O4. The zero-order valence-corrected chi connectivity index (χ0v) is 15.1. The van der Waals surface area contributed by atoms with Crippen molar-refractivity contribution < 1.29 is 18.7 Å². The molecule has 1 aromatic heterocycles. The second-order valence-corrected chi connectivity index (χ2v) is 7.04. The first kappa shape index (κ1) is 17.0. The zero-order chi connectivity index (χ0) is 18.1. The summed E-state index contributed by atoms with van der Waals surface area (Å²) in [6.45, 7) is 3.20. The fourth-order valence-corrected chi connectivity index (χ4v) is 3.88. The van der Waals surface area contributed by atoms with E-state index in [1.807, 2.05) is 29.2 Å². The molecule has 7 heteroatoms. The van der Waals surface area contributed by atoms with Gasteiger partial charge in [-0.2, -0.15) is 0 Å². The molecule has 2 aliphatic rings. The summed E-state index contributed by atoms with van der Waals surface area (Å²) in [7, 11) is 1.63. The second-order valence-electron chi connectivity index (χ2n) is 7.04. The van der Waals surface area contributed by atoms with Gasteiger partial charge >= 0.3 is 0 Å². The minimum Gasteiger partial charge on any atom is -0.497 e. The maximum Gasteiger partial charge on any atom is 0.227 e. The van der Waals surface area contributed by atoms with Crippen molar-refractivity contribution in [1.29, 1.82) is 0 Å². The lowest BCUT2D eigenvalue weighted by atomic mass is 10.0. The van der Waals surface area contributed by atoms with E-state index in [4.69, 9.17) is 13.9 Å². The third kappa shape index (κ3) is 3.58. The van der Waals surface area contributed by atoms with E-state index in [9.17, 15) is 4.79 Å². The Balaban J connectivity index is 1.30. The van der Waals surface area contributed by atoms with Crippen LogP contribution in [0.15, 0.2) is 28.7 Å². The molecule has 0 aliphatic carbocycles. The molecule has 1 amide bonds. The van der Waals surface area contributed by atoms with Crippen LogP contribution in [0.1, 0.15) is 23.8 Å². The fraction of sp³-hybridized carbons (Fsp3) is 0.526. The Morgan fingerprint density at radius 2 is 2.23 bits per heavy atom. The third-order valence-electron chi connectivity index (χ3n) is 5.13. The van der Waals surface area contributed by atoms with Crippen molar-refractivity contribution in [3.63, 3.8) is 0 Å². The molecule has 2 saturated heterocycles. The van der Waals surface area contributed by atoms with E-state index >= 15 is 0 Å². The predicted octanol–water partition coefficient (Wildman–Crippen LogP) is 1.79. The van der Waals surface area contributed by atoms with Crippen molar-refractivity contribution in [3.8, 4) is 5.75 Å². The van der Waals surface area contributed by atoms with Gasteiger partial charge in [-0.3, -0.25) is 4.79 Å². The Kier molecular flexibility index (Phi) is 4.63. The molecule has 0 bridgehead atoms. The molecule has 0 unspecified atom stereocenters. The first-order valence-electron chi connectivity index (χ1n) is 8.96. The minimum atomic E-state index is 0.0977. The molecule has 0 saturated carbocycles. The first-order valence-corrected chi connectivity index (χ1v) is 8.96. The minimum absolute atomic E-state index is 0.0977. The summed E-state index contributed by atoms with van der Waals surface area (Å²) in [5, 5.41) is 7.89. The number of hydrogen-bond donors (Lipinski definition) is 0. The Hall–Kier alpha value is -2.41. The van der Waals surface area contributed by atoms with Gasteiger partial charge in [0.25, 0.3) is 0 Å². The molecule has 0 radical (unpaired) electrons. The molecule has 7 nitrogen and oxygen atoms in total. The van der Waals surface area contributed by atoms with E-state index in [1.54, 1.807) is 14.0 Å². The van der Waals surface area contributed by atoms with Crippen molar-refractivity contribution in [1.82, 2.24) is 15.1 Å². The van der Waals surface area contributed by atoms with Crippen LogP contribution in [0.3, 0.4) is 0 Å². The standard InChI is InChI=1S/C19H23N3O4/c1-12-20-21-18(25-12)9-16-8-14-10-22(11-17(14)26-16)19(23)7-13-4-3-5-15(6-13)24-2/h3-6,14,16-17H,7-11H2,1-2H3/t14-,16+,17+/m1/s1. The summed E-state index contributed by atoms with van der Waals surface area (Å²) in [4.78, 5) is 14.5. The van der Waals surface area contributed by atoms with Crippen LogP contribution in [0.2, 0.25) is 0 Å². The molecule has 2 aromatic rings. The van der Waals surface area contributed by atoms with Crippen LogP contribution in [0, 0.1) is 12.8 Å². The quantitative estimate of drug-likeness (QED) is 0.812. The van der Waals surface area contributed by atoms with Gasteiger partial charge in [0, 0.05) is 25.9 Å². The smallest absolute Gasteiger partial charge is 0.227 e. The van der Waals surface area contributed by atoms with Crippen molar-refractivity contribution in [3.05, 3.63) is 41.6 Å². The van der Waals surface area contributed by atoms with Crippen LogP contribution in [0.4, 0.5) is 0 Å². The number of aromatic nitrogens is 2. The summed E-state index contributed by atoms with van der Waals surface area (Å²) in [6.07, 6.45) is 2.17. The van der Waals surface area contributed by atoms with E-state index < -0.39 is 0 Å². The maximum absolute atomic E-state index is 12.6. The highest BCUT2D eigenvalue weighted by molar-refractivity contribution is 5.79. The summed E-state index contributed by atoms with van der Waals surface area (Å²) in [6, 6.07) is 7.66. The summed E-state index contributed by atoms with van der Waals surface area (Å²) in [5.74, 6) is 2.50. The largest absolute Gasteiger partial charge is 0.497 e. The van der Waals surface area contributed by atoms with E-state index in [-0.39, 0.29) is 18.1 Å². The number of methoxy groups -OCH3 is 1. The molecule has 1 aromatic carbocycles. The predicted molar refractivity (Wildman–Crippen MR) is 92.8 cm³/mol. The van der Waals surface area contributed by atoms with Crippen LogP contribution >= 0.6 is 0 Å². The number of nitrogens with zero attached hydrogens (tertiary/aromatic N) is 3. The average Bonchev–Trinajstić information content (AvgIpc) is 3.30. The van der Waals surface area contributed by atoms with Crippen molar-refractivity contribution >= 4 is 5.91 Å². The van der Waals surface area contributed by atoms with Gasteiger partial charge < -0.3 is 18.8 Å². The summed E-state index contributed by atoms with van der Waals surface area (Å²) in [5.41, 5.74) is 0.969. The molecular weight excluding hydrogens is 334 g/mol. The highest BCUT2D eigenvalue weighted by atomic mass is 16.5. The van der Waals surface area contributed by atoms with Gasteiger partial charge in [0.1, 0.15) is 5.75 Å². The third-order valence-corrected chi connectivity index (χ3v) is 5.13. The molecule has 138 valence electrons. The van der Waals surface area contributed by atoms with Crippen LogP contribution in [-0.2, 0) is 22.4 Å². The highest BCUT2D eigenvalue weighted by Crippen LogP contribution is 2.34. The van der Waals surface area contributed by atoms with Gasteiger partial charge in [-0.05, 0) is 24.1 Å². The lowest BCUT2D eigenvalue weighted by molar-refractivity contribution is -0.130. The van der Waals surface area contributed by atoms with Crippen LogP contribution in [0.5, 0.6) is 5.75 Å². The van der Waals surface area contributed by atoms with Gasteiger partial charge in [-0.15, -0.1) is 10.2 Å². The first-order chi connectivity index (χ1) is 12.6. The number of amides is 1. The summed E-state index contributed by atoms with van der Waals surface area (Å²) < 4.78 is 16.8. The number of benzene rings is 1. The normalized spacial score (nSPS) is 24.7. The van der Waals surface area contributed by atoms with E-state index in [0.717, 1.165) is 24.3 Å². The van der Waals surface area contributed by atoms with Gasteiger partial charge in [-0.1, -0.05) is 12.1 Å². The van der Waals surface area contributed by atoms with E-state index in [0.29, 0.717) is 37.1 Å². The number of carbonyl (C=O) groups is 1. The molecule has 0 N–H and O–H groups in total. The van der Waals surface area contributed by atoms with Crippen molar-refractivity contribution in [2.45, 2.75) is 38.4 Å². The molecule has 3 heterocycles. The van der Waals surface area contributed by atoms with Crippen LogP contribution in [-0.4, -0.2) is 53.4 Å². The van der Waals surface area contributed by atoms with E-state index in [2.05, 4.69) is 10.2 Å². The van der Waals surface area contributed by atoms with Gasteiger partial charge in [0.15, 0.2) is 0 Å². The zero-order valence-electron chi connectivity index (χ0n) is 15.1. The Morgan fingerprint density at radius 3 is 2.96 bits per heavy atom. The lowest BCUT2D eigenvalue weighted by Gasteiger charge is -2.19. The van der Waals surface area contributed by atoms with Gasteiger partial charge in [0.2, 0.25) is 17.7 Å². The number of carbonyl (C=O) groups excluding carboxylic acids is 1. The number of rotatable bonds is 5. The van der Waals surface area contributed by atoms with Crippen molar-refractivity contribution in [2.24, 2.45) is 5.92 Å². The second kappa shape index (κ2) is 7.07. The SMILES string of the molecule is COc1cccc(CC(=O)N2C[C@H]3C[C@@H](Cc4nnc(C)o4)O[C@H]3C2)c1. The average molecular weight is 357 g/mol. The Morgan fingerprint density at radius 1 is 1.35 bits per heavy atom. The monoisotopic (exact) mass is 357 g/mol. The molecule has 4 rings (SSSR count). The number of aryl methyl sites for hydroxylation is 1. The fourth-order valence-electron chi connectivity index (χ4n) is 3.88. The van der Waals surface area contributed by atoms with E-state index in [1.165, 1.54) is 0 Å².